The van der Waals surface area contributed by atoms with Crippen LogP contribution >= 0.6 is 11.6 Å². The number of nitrogens with zero attached hydrogens (tertiary/aromatic N) is 2. The molecule has 48 heavy (non-hydrogen) atoms. The summed E-state index contributed by atoms with van der Waals surface area (Å²) in [5.74, 6) is 1.16. The normalized spacial score (nSPS) is 34.2. The van der Waals surface area contributed by atoms with Crippen molar-refractivity contribution >= 4 is 33.2 Å². The monoisotopic (exact) mass is 697 g/mol. The van der Waals surface area contributed by atoms with Gasteiger partial charge in [-0.1, -0.05) is 37.9 Å². The lowest BCUT2D eigenvalue weighted by atomic mass is 9.57. The average Bonchev–Trinajstić information content (AvgIpc) is 3.19. The maximum atomic E-state index is 13.6. The van der Waals surface area contributed by atoms with Gasteiger partial charge in [0.25, 0.3) is 5.91 Å². The minimum Gasteiger partial charge on any atom is -0.490 e. The zero-order valence-electron chi connectivity index (χ0n) is 28.8. The average molecular weight is 698 g/mol. The minimum absolute atomic E-state index is 0.0755. The number of sulfonamides is 1. The molecule has 0 unspecified atom stereocenters. The number of aryl methyl sites for hydroxylation is 1. The van der Waals surface area contributed by atoms with Crippen LogP contribution < -0.4 is 14.4 Å². The Labute approximate surface area is 291 Å². The lowest BCUT2D eigenvalue weighted by molar-refractivity contribution is -0.0335. The summed E-state index contributed by atoms with van der Waals surface area (Å²) in [4.78, 5) is 18.6. The number of ether oxygens (including phenoxy) is 2. The number of rotatable bonds is 2. The first-order valence-electron chi connectivity index (χ1n) is 18.1. The van der Waals surface area contributed by atoms with Crippen molar-refractivity contribution in [3.05, 3.63) is 58.1 Å². The molecule has 2 aromatic rings. The third-order valence-electron chi connectivity index (χ3n) is 12.7. The summed E-state index contributed by atoms with van der Waals surface area (Å²) in [6.45, 7) is 13.0. The van der Waals surface area contributed by atoms with Gasteiger partial charge in [-0.25, -0.2) is 13.1 Å². The molecule has 1 amide bonds. The maximum Gasteiger partial charge on any atom is 0.264 e. The molecule has 10 heteroatoms. The molecule has 2 aliphatic carbocycles. The Kier molecular flexibility index (Phi) is 9.54. The van der Waals surface area contributed by atoms with Crippen molar-refractivity contribution in [2.75, 3.05) is 57.4 Å². The molecule has 5 aliphatic rings. The molecule has 8 nitrogen and oxygen atoms in total. The van der Waals surface area contributed by atoms with Gasteiger partial charge in [0.05, 0.1) is 30.8 Å². The molecule has 262 valence electrons. The fourth-order valence-corrected chi connectivity index (χ4v) is 11.0. The first kappa shape index (κ1) is 34.1. The molecular formula is C38H52ClN3O5S. The highest BCUT2D eigenvalue weighted by molar-refractivity contribution is 7.90. The topological polar surface area (TPSA) is 88.2 Å². The van der Waals surface area contributed by atoms with E-state index < -0.39 is 21.2 Å². The third kappa shape index (κ3) is 6.61. The third-order valence-corrected chi connectivity index (χ3v) is 14.8. The lowest BCUT2D eigenvalue weighted by Gasteiger charge is -2.53. The predicted molar refractivity (Wildman–Crippen MR) is 191 cm³/mol. The smallest absolute Gasteiger partial charge is 0.264 e. The van der Waals surface area contributed by atoms with Crippen LogP contribution in [-0.2, 0) is 26.6 Å². The predicted octanol–water partition coefficient (Wildman–Crippen LogP) is 6.45. The Morgan fingerprint density at radius 1 is 1.02 bits per heavy atom. The van der Waals surface area contributed by atoms with E-state index in [1.165, 1.54) is 24.0 Å². The van der Waals surface area contributed by atoms with Crippen LogP contribution in [0.5, 0.6) is 5.75 Å². The van der Waals surface area contributed by atoms with Crippen LogP contribution in [0, 0.1) is 23.2 Å². The van der Waals surface area contributed by atoms with Gasteiger partial charge in [0.15, 0.2) is 0 Å². The van der Waals surface area contributed by atoms with E-state index in [9.17, 15) is 13.2 Å². The van der Waals surface area contributed by atoms with Gasteiger partial charge >= 0.3 is 0 Å². The summed E-state index contributed by atoms with van der Waals surface area (Å²) >= 11 is 6.48. The number of anilines is 1. The van der Waals surface area contributed by atoms with Crippen molar-refractivity contribution in [1.82, 2.24) is 9.62 Å². The van der Waals surface area contributed by atoms with E-state index in [4.69, 9.17) is 21.1 Å². The molecule has 7 rings (SSSR count). The first-order chi connectivity index (χ1) is 23.0. The van der Waals surface area contributed by atoms with E-state index in [1.54, 1.807) is 13.0 Å². The first-order valence-corrected chi connectivity index (χ1v) is 20.1. The van der Waals surface area contributed by atoms with E-state index in [0.717, 1.165) is 101 Å². The van der Waals surface area contributed by atoms with Gasteiger partial charge in [0.1, 0.15) is 5.75 Å². The van der Waals surface area contributed by atoms with Crippen LogP contribution in [0.3, 0.4) is 0 Å². The van der Waals surface area contributed by atoms with Gasteiger partial charge in [-0.15, -0.1) is 0 Å². The van der Waals surface area contributed by atoms with E-state index in [2.05, 4.69) is 33.6 Å². The summed E-state index contributed by atoms with van der Waals surface area (Å²) in [6, 6.07) is 11.8. The molecule has 2 aromatic carbocycles. The fourth-order valence-electron chi connectivity index (χ4n) is 9.54. The van der Waals surface area contributed by atoms with E-state index >= 15 is 0 Å². The van der Waals surface area contributed by atoms with Crippen molar-refractivity contribution in [3.8, 4) is 5.75 Å². The Morgan fingerprint density at radius 2 is 1.83 bits per heavy atom. The van der Waals surface area contributed by atoms with Gasteiger partial charge in [-0.2, -0.15) is 0 Å². The number of benzene rings is 2. The maximum absolute atomic E-state index is 13.6. The van der Waals surface area contributed by atoms with Crippen molar-refractivity contribution in [1.29, 1.82) is 0 Å². The van der Waals surface area contributed by atoms with Crippen molar-refractivity contribution < 1.29 is 22.7 Å². The number of fused-ring (bicyclic) bond motifs is 4. The minimum atomic E-state index is -3.87. The van der Waals surface area contributed by atoms with Gasteiger partial charge in [0, 0.05) is 48.7 Å². The number of morpholine rings is 1. The van der Waals surface area contributed by atoms with E-state index in [-0.39, 0.29) is 16.7 Å². The molecule has 3 heterocycles. The number of hydrogen-bond donors (Lipinski definition) is 1. The summed E-state index contributed by atoms with van der Waals surface area (Å²) < 4.78 is 41.8. The van der Waals surface area contributed by atoms with Gasteiger partial charge < -0.3 is 14.4 Å². The number of amides is 1. The van der Waals surface area contributed by atoms with E-state index in [1.807, 2.05) is 25.1 Å². The summed E-state index contributed by atoms with van der Waals surface area (Å²) in [5, 5.41) is 0.0801. The lowest BCUT2D eigenvalue weighted by Crippen LogP contribution is -2.53. The number of nitrogens with one attached hydrogen (secondary N) is 1. The Hall–Kier alpha value is -2.33. The second-order valence-corrected chi connectivity index (χ2v) is 18.3. The summed E-state index contributed by atoms with van der Waals surface area (Å²) in [7, 11) is -3.87. The van der Waals surface area contributed by atoms with E-state index in [0.29, 0.717) is 24.0 Å². The second-order valence-electron chi connectivity index (χ2n) is 15.8. The number of halogens is 1. The zero-order valence-corrected chi connectivity index (χ0v) is 30.4. The van der Waals surface area contributed by atoms with Crippen LogP contribution in [0.1, 0.15) is 87.2 Å². The number of hydrogen-bond acceptors (Lipinski definition) is 7. The largest absolute Gasteiger partial charge is 0.490 e. The summed E-state index contributed by atoms with van der Waals surface area (Å²) in [6.07, 6.45) is 8.28. The number of carbonyl (C=O) groups is 1. The Balaban J connectivity index is 1.29. The summed E-state index contributed by atoms with van der Waals surface area (Å²) in [5.41, 5.74) is 3.72. The van der Waals surface area contributed by atoms with Gasteiger partial charge in [-0.3, -0.25) is 9.69 Å². The van der Waals surface area contributed by atoms with Crippen LogP contribution in [0.15, 0.2) is 36.4 Å². The van der Waals surface area contributed by atoms with Crippen LogP contribution in [0.25, 0.3) is 0 Å². The van der Waals surface area contributed by atoms with Crippen LogP contribution in [-0.4, -0.2) is 77.0 Å². The molecule has 1 saturated carbocycles. The highest BCUT2D eigenvalue weighted by Gasteiger charge is 2.48. The highest BCUT2D eigenvalue weighted by Crippen LogP contribution is 2.52. The fraction of sp³-hybridized carbons (Fsp3) is 0.658. The van der Waals surface area contributed by atoms with Gasteiger partial charge in [0.2, 0.25) is 10.0 Å². The zero-order chi connectivity index (χ0) is 33.7. The molecule has 1 saturated heterocycles. The van der Waals surface area contributed by atoms with Crippen molar-refractivity contribution in [2.45, 2.75) is 82.8 Å². The van der Waals surface area contributed by atoms with Crippen molar-refractivity contribution in [2.24, 2.45) is 23.2 Å². The molecule has 6 atom stereocenters. The highest BCUT2D eigenvalue weighted by atomic mass is 35.5. The standard InChI is InChI=1S/C38H52ClN3O5S/c1-26-6-4-14-37(3,23-41-16-18-46-19-17-41)32-11-8-30(32)22-42-24-38(15-5-7-28-20-31(39)10-12-33(28)38)25-47-35-13-9-29(21-34(35)42)36(43)40-48(44,45)27(26)2/h9-10,12-13,20-21,26-27,30,32H,4-8,11,14-19,22-25H2,1-3H3,(H,40,43)/t26-,27+,30-,32+,37-,38-/m0/s1. The molecule has 2 fully saturated rings. The van der Waals surface area contributed by atoms with Crippen LogP contribution in [0.4, 0.5) is 5.69 Å². The van der Waals surface area contributed by atoms with Crippen molar-refractivity contribution in [3.63, 3.8) is 0 Å². The number of carbonyl (C=O) groups excluding carboxylic acids is 1. The molecule has 2 bridgehead atoms. The molecule has 0 radical (unpaired) electrons. The van der Waals surface area contributed by atoms with Crippen LogP contribution in [0.2, 0.25) is 5.02 Å². The molecule has 0 aromatic heterocycles. The molecule has 3 aliphatic heterocycles. The van der Waals surface area contributed by atoms with Gasteiger partial charge in [-0.05, 0) is 116 Å². The molecule has 1 N–H and O–H groups in total. The second kappa shape index (κ2) is 13.4. The molecular weight excluding hydrogens is 646 g/mol. The SMILES string of the molecule is C[C@@H]1[C@@H](C)CCC[C@@](C)(CN2CCOCC2)[C@@H]2CC[C@H]2CN2C[C@@]3(CCCc4cc(Cl)ccc43)COc3ccc(cc32)C(=O)NS1(=O)=O. The quantitative estimate of drug-likeness (QED) is 0.386. The Bertz CT molecular complexity index is 1630. The Morgan fingerprint density at radius 3 is 2.60 bits per heavy atom. The molecule has 1 spiro atoms.